The maximum atomic E-state index is 12.4. The summed E-state index contributed by atoms with van der Waals surface area (Å²) in [6, 6.07) is 16.1. The normalized spacial score (nSPS) is 10.1. The molecule has 0 unspecified atom stereocenters. The number of amides is 2. The molecule has 0 saturated heterocycles. The molecule has 0 atom stereocenters. The van der Waals surface area contributed by atoms with Gasteiger partial charge >= 0.3 is 5.97 Å². The third kappa shape index (κ3) is 5.17. The molecule has 0 radical (unpaired) electrons. The zero-order valence-corrected chi connectivity index (χ0v) is 14.9. The quantitative estimate of drug-likeness (QED) is 0.613. The number of hydrogen-bond acceptors (Lipinski definition) is 4. The molecule has 26 heavy (non-hydrogen) atoms. The molecular weight excluding hydrogens is 332 g/mol. The van der Waals surface area contributed by atoms with Crippen LogP contribution >= 0.6 is 0 Å². The van der Waals surface area contributed by atoms with Crippen molar-refractivity contribution in [2.45, 2.75) is 19.9 Å². The summed E-state index contributed by atoms with van der Waals surface area (Å²) in [5.74, 6) is -1.30. The Morgan fingerprint density at radius 3 is 2.31 bits per heavy atom. The van der Waals surface area contributed by atoms with Gasteiger partial charge in [-0.25, -0.2) is 4.79 Å². The highest BCUT2D eigenvalue weighted by Gasteiger charge is 2.18. The molecule has 0 aromatic heterocycles. The van der Waals surface area contributed by atoms with Crippen molar-refractivity contribution in [3.05, 3.63) is 65.7 Å². The molecule has 136 valence electrons. The van der Waals surface area contributed by atoms with E-state index in [1.165, 1.54) is 7.11 Å². The molecule has 2 aromatic rings. The van der Waals surface area contributed by atoms with E-state index < -0.39 is 11.9 Å². The fourth-order valence-electron chi connectivity index (χ4n) is 2.50. The lowest BCUT2D eigenvalue weighted by atomic mass is 10.1. The number of nitrogens with zero attached hydrogens (tertiary/aromatic N) is 1. The maximum absolute atomic E-state index is 12.4. The number of nitrogens with one attached hydrogen (secondary N) is 1. The fourth-order valence-corrected chi connectivity index (χ4v) is 2.50. The number of carbonyl (C=O) groups excluding carboxylic acids is 3. The van der Waals surface area contributed by atoms with Gasteiger partial charge < -0.3 is 15.0 Å². The Morgan fingerprint density at radius 2 is 1.65 bits per heavy atom. The van der Waals surface area contributed by atoms with Crippen LogP contribution in [0.2, 0.25) is 0 Å². The van der Waals surface area contributed by atoms with Gasteiger partial charge in [0.25, 0.3) is 0 Å². The molecule has 2 amide bonds. The number of benzene rings is 2. The zero-order chi connectivity index (χ0) is 18.9. The van der Waals surface area contributed by atoms with E-state index in [1.807, 2.05) is 37.3 Å². The highest BCUT2D eigenvalue weighted by molar-refractivity contribution is 6.06. The van der Waals surface area contributed by atoms with Crippen LogP contribution in [-0.4, -0.2) is 36.3 Å². The zero-order valence-electron chi connectivity index (χ0n) is 14.9. The van der Waals surface area contributed by atoms with Gasteiger partial charge in [-0.05, 0) is 24.6 Å². The van der Waals surface area contributed by atoms with E-state index in [0.717, 1.165) is 5.56 Å². The van der Waals surface area contributed by atoms with E-state index >= 15 is 0 Å². The molecule has 6 heteroatoms. The van der Waals surface area contributed by atoms with Crippen LogP contribution in [0.5, 0.6) is 0 Å². The lowest BCUT2D eigenvalue weighted by Crippen LogP contribution is -2.33. The van der Waals surface area contributed by atoms with Crippen LogP contribution in [0, 0.1) is 0 Å². The Bertz CT molecular complexity index is 774. The minimum absolute atomic E-state index is 0.243. The summed E-state index contributed by atoms with van der Waals surface area (Å²) in [6.45, 7) is 2.81. The van der Waals surface area contributed by atoms with Gasteiger partial charge in [0.2, 0.25) is 11.8 Å². The van der Waals surface area contributed by atoms with Gasteiger partial charge in [-0.1, -0.05) is 42.5 Å². The molecule has 0 aliphatic carbocycles. The van der Waals surface area contributed by atoms with Crippen molar-refractivity contribution in [1.29, 1.82) is 0 Å². The number of methoxy groups -OCH3 is 1. The first kappa shape index (κ1) is 19.2. The van der Waals surface area contributed by atoms with Crippen molar-refractivity contribution in [1.82, 2.24) is 4.90 Å². The summed E-state index contributed by atoms with van der Waals surface area (Å²) >= 11 is 0. The summed E-state index contributed by atoms with van der Waals surface area (Å²) in [4.78, 5) is 38.0. The SMILES string of the molecule is CCN(Cc1ccccc1)C(=O)CC(=O)Nc1ccccc1C(=O)OC. The molecule has 0 aliphatic rings. The fraction of sp³-hybridized carbons (Fsp3) is 0.250. The van der Waals surface area contributed by atoms with Gasteiger partial charge in [-0.15, -0.1) is 0 Å². The van der Waals surface area contributed by atoms with Crippen LogP contribution < -0.4 is 5.32 Å². The first-order valence-corrected chi connectivity index (χ1v) is 8.34. The summed E-state index contributed by atoms with van der Waals surface area (Å²) in [7, 11) is 1.27. The summed E-state index contributed by atoms with van der Waals surface area (Å²) in [5.41, 5.74) is 1.56. The van der Waals surface area contributed by atoms with Crippen molar-refractivity contribution in [3.8, 4) is 0 Å². The van der Waals surface area contributed by atoms with Crippen LogP contribution in [0.25, 0.3) is 0 Å². The van der Waals surface area contributed by atoms with Gasteiger partial charge in [-0.3, -0.25) is 9.59 Å². The van der Waals surface area contributed by atoms with E-state index in [4.69, 9.17) is 4.74 Å². The molecule has 0 saturated carbocycles. The van der Waals surface area contributed by atoms with Crippen LogP contribution in [0.3, 0.4) is 0 Å². The van der Waals surface area contributed by atoms with E-state index in [0.29, 0.717) is 18.8 Å². The molecular formula is C20H22N2O4. The molecule has 6 nitrogen and oxygen atoms in total. The molecule has 0 spiro atoms. The Labute approximate surface area is 152 Å². The van der Waals surface area contributed by atoms with Gasteiger partial charge in [0.15, 0.2) is 0 Å². The number of esters is 1. The Kier molecular flexibility index (Phi) is 6.91. The number of rotatable bonds is 7. The average molecular weight is 354 g/mol. The number of carbonyl (C=O) groups is 3. The van der Waals surface area contributed by atoms with Crippen LogP contribution in [-0.2, 0) is 20.9 Å². The molecule has 2 rings (SSSR count). The number of para-hydroxylation sites is 1. The number of anilines is 1. The second-order valence-electron chi connectivity index (χ2n) is 5.66. The minimum Gasteiger partial charge on any atom is -0.465 e. The first-order valence-electron chi connectivity index (χ1n) is 8.34. The topological polar surface area (TPSA) is 75.7 Å². The van der Waals surface area contributed by atoms with Gasteiger partial charge in [-0.2, -0.15) is 0 Å². The summed E-state index contributed by atoms with van der Waals surface area (Å²) < 4.78 is 4.70. The van der Waals surface area contributed by atoms with Gasteiger partial charge in [0.05, 0.1) is 18.4 Å². The second kappa shape index (κ2) is 9.36. The monoisotopic (exact) mass is 354 g/mol. The number of ether oxygens (including phenoxy) is 1. The van der Waals surface area contributed by atoms with Gasteiger partial charge in [0.1, 0.15) is 6.42 Å². The molecule has 2 aromatic carbocycles. The van der Waals surface area contributed by atoms with Crippen molar-refractivity contribution >= 4 is 23.5 Å². The van der Waals surface area contributed by atoms with Crippen LogP contribution in [0.4, 0.5) is 5.69 Å². The lowest BCUT2D eigenvalue weighted by molar-refractivity contribution is -0.134. The molecule has 0 aliphatic heterocycles. The average Bonchev–Trinajstić information content (AvgIpc) is 2.66. The smallest absolute Gasteiger partial charge is 0.339 e. The van der Waals surface area contributed by atoms with Crippen molar-refractivity contribution in [3.63, 3.8) is 0 Å². The Hall–Kier alpha value is -3.15. The maximum Gasteiger partial charge on any atom is 0.339 e. The lowest BCUT2D eigenvalue weighted by Gasteiger charge is -2.21. The summed E-state index contributed by atoms with van der Waals surface area (Å²) in [6.07, 6.45) is -0.295. The molecule has 0 fully saturated rings. The third-order valence-corrected chi connectivity index (χ3v) is 3.87. The Balaban J connectivity index is 2.00. The van der Waals surface area contributed by atoms with Crippen LogP contribution in [0.15, 0.2) is 54.6 Å². The highest BCUT2D eigenvalue weighted by Crippen LogP contribution is 2.16. The summed E-state index contributed by atoms with van der Waals surface area (Å²) in [5, 5.41) is 2.61. The van der Waals surface area contributed by atoms with Crippen LogP contribution in [0.1, 0.15) is 29.3 Å². The van der Waals surface area contributed by atoms with E-state index in [1.54, 1.807) is 29.2 Å². The largest absolute Gasteiger partial charge is 0.465 e. The van der Waals surface area contributed by atoms with Gasteiger partial charge in [0, 0.05) is 13.1 Å². The predicted molar refractivity (Wildman–Crippen MR) is 98.6 cm³/mol. The highest BCUT2D eigenvalue weighted by atomic mass is 16.5. The number of hydrogen-bond donors (Lipinski definition) is 1. The van der Waals surface area contributed by atoms with Crippen molar-refractivity contribution < 1.29 is 19.1 Å². The first-order chi connectivity index (χ1) is 12.5. The second-order valence-corrected chi connectivity index (χ2v) is 5.66. The van der Waals surface area contributed by atoms with Crippen molar-refractivity contribution in [2.75, 3.05) is 19.0 Å². The Morgan fingerprint density at radius 1 is 1.00 bits per heavy atom. The van der Waals surface area contributed by atoms with Crippen molar-refractivity contribution in [2.24, 2.45) is 0 Å². The van der Waals surface area contributed by atoms with E-state index in [-0.39, 0.29) is 17.9 Å². The standard InChI is InChI=1S/C20H22N2O4/c1-3-22(14-15-9-5-4-6-10-15)19(24)13-18(23)21-17-12-8-7-11-16(17)20(25)26-2/h4-12H,3,13-14H2,1-2H3,(H,21,23). The molecule has 0 bridgehead atoms. The third-order valence-electron chi connectivity index (χ3n) is 3.87. The van der Waals surface area contributed by atoms with E-state index in [9.17, 15) is 14.4 Å². The molecule has 0 heterocycles. The minimum atomic E-state index is -0.550. The predicted octanol–water partition coefficient (Wildman–Crippen LogP) is 2.85. The molecule has 1 N–H and O–H groups in total. The van der Waals surface area contributed by atoms with E-state index in [2.05, 4.69) is 5.32 Å².